The average Bonchev–Trinajstić information content (AvgIpc) is 2.81. The van der Waals surface area contributed by atoms with Gasteiger partial charge < -0.3 is 43.3 Å². The summed E-state index contributed by atoms with van der Waals surface area (Å²) in [4.78, 5) is 0. The van der Waals surface area contributed by atoms with Crippen LogP contribution in [0.3, 0.4) is 0 Å². The normalized spacial score (nSPS) is 13.0. The maximum Gasteiger partial charge on any atom is 0.500 e. The molecule has 13 heteroatoms. The van der Waals surface area contributed by atoms with Crippen LogP contribution in [0.5, 0.6) is 0 Å². The van der Waals surface area contributed by atoms with Gasteiger partial charge in [-0.05, 0) is 12.8 Å². The first-order valence-corrected chi connectivity index (χ1v) is 14.7. The summed E-state index contributed by atoms with van der Waals surface area (Å²) in [5.41, 5.74) is 11.5. The number of hydrogen-bond donors (Lipinski definition) is 3. The molecule has 11 nitrogen and oxygen atoms in total. The highest BCUT2D eigenvalue weighted by Gasteiger charge is 2.38. The van der Waals surface area contributed by atoms with Crippen LogP contribution in [0.25, 0.3) is 0 Å². The van der Waals surface area contributed by atoms with Crippen LogP contribution >= 0.6 is 0 Å². The summed E-state index contributed by atoms with van der Waals surface area (Å²) in [6.45, 7) is 6.11. The molecule has 0 saturated heterocycles. The summed E-state index contributed by atoms with van der Waals surface area (Å²) >= 11 is 0. The van der Waals surface area contributed by atoms with Crippen molar-refractivity contribution < 1.29 is 26.6 Å². The van der Waals surface area contributed by atoms with Gasteiger partial charge in [0.25, 0.3) is 0 Å². The molecule has 0 amide bonds. The fourth-order valence-corrected chi connectivity index (χ4v) is 6.85. The van der Waals surface area contributed by atoms with Crippen molar-refractivity contribution in [1.29, 1.82) is 0 Å². The van der Waals surface area contributed by atoms with Crippen LogP contribution < -0.4 is 16.8 Å². The zero-order valence-corrected chi connectivity index (χ0v) is 22.5. The lowest BCUT2D eigenvalue weighted by Gasteiger charge is -2.36. The van der Waals surface area contributed by atoms with Crippen molar-refractivity contribution in [1.82, 2.24) is 15.3 Å². The van der Waals surface area contributed by atoms with Gasteiger partial charge in [-0.2, -0.15) is 0 Å². The second-order valence-electron chi connectivity index (χ2n) is 7.03. The standard InChI is InChI=1S/C18H47N5O6Si2/c1-24-30(25-2,26-3)17-7-13-22(15-10-20)23(16-12-21-11-9-19)14-8-18-31(27-4,28-5)29-6/h21H,7-20H2,1-6H3. The molecule has 0 aliphatic carbocycles. The molecule has 0 aromatic rings. The minimum absolute atomic E-state index is 0.570. The molecular weight excluding hydrogens is 438 g/mol. The predicted octanol–water partition coefficient (Wildman–Crippen LogP) is -0.451. The second-order valence-corrected chi connectivity index (χ2v) is 13.2. The van der Waals surface area contributed by atoms with Crippen LogP contribution in [0.1, 0.15) is 12.8 Å². The van der Waals surface area contributed by atoms with Crippen molar-refractivity contribution in [2.45, 2.75) is 24.9 Å². The minimum Gasteiger partial charge on any atom is -0.377 e. The van der Waals surface area contributed by atoms with Gasteiger partial charge in [0, 0.05) is 107 Å². The predicted molar refractivity (Wildman–Crippen MR) is 127 cm³/mol. The molecule has 5 N–H and O–H groups in total. The lowest BCUT2D eigenvalue weighted by molar-refractivity contribution is -0.0236. The van der Waals surface area contributed by atoms with E-state index in [1.807, 2.05) is 0 Å². The quantitative estimate of drug-likeness (QED) is 0.105. The summed E-state index contributed by atoms with van der Waals surface area (Å²) in [6.07, 6.45) is 1.76. The topological polar surface area (TPSA) is 126 Å². The lowest BCUT2D eigenvalue weighted by Crippen LogP contribution is -2.50. The van der Waals surface area contributed by atoms with Crippen LogP contribution in [0.15, 0.2) is 0 Å². The molecule has 0 fully saturated rings. The zero-order valence-electron chi connectivity index (χ0n) is 20.5. The fourth-order valence-electron chi connectivity index (χ4n) is 3.44. The van der Waals surface area contributed by atoms with E-state index in [0.717, 1.165) is 64.2 Å². The Kier molecular flexibility index (Phi) is 18.4. The number of rotatable bonds is 22. The SMILES string of the molecule is CO[Si](CCCN(CCN)N(CCC[Si](OC)(OC)OC)CCNCCN)(OC)OC. The number of nitrogens with one attached hydrogen (secondary N) is 1. The molecule has 0 spiro atoms. The largest absolute Gasteiger partial charge is 0.500 e. The summed E-state index contributed by atoms with van der Waals surface area (Å²) in [7, 11) is 4.68. The Balaban J connectivity index is 5.04. The van der Waals surface area contributed by atoms with E-state index in [-0.39, 0.29) is 0 Å². The highest BCUT2D eigenvalue weighted by atomic mass is 28.4. The van der Waals surface area contributed by atoms with Crippen molar-refractivity contribution in [3.05, 3.63) is 0 Å². The van der Waals surface area contributed by atoms with Gasteiger partial charge in [0.2, 0.25) is 0 Å². The molecule has 0 aliphatic heterocycles. The van der Waals surface area contributed by atoms with Crippen LogP contribution in [-0.2, 0) is 26.6 Å². The summed E-state index contributed by atoms with van der Waals surface area (Å²) in [6, 6.07) is 1.48. The molecule has 0 aromatic heterocycles. The van der Waals surface area contributed by atoms with Gasteiger partial charge in [-0.1, -0.05) is 0 Å². The molecule has 0 bridgehead atoms. The second kappa shape index (κ2) is 18.4. The Labute approximate surface area is 191 Å². The van der Waals surface area contributed by atoms with Gasteiger partial charge in [0.05, 0.1) is 0 Å². The summed E-state index contributed by atoms with van der Waals surface area (Å²) < 4.78 is 33.3. The highest BCUT2D eigenvalue weighted by Crippen LogP contribution is 2.18. The van der Waals surface area contributed by atoms with Crippen LogP contribution in [0.4, 0.5) is 0 Å². The molecule has 0 saturated carbocycles. The molecule has 0 atom stereocenters. The minimum atomic E-state index is -2.59. The maximum atomic E-state index is 5.92. The van der Waals surface area contributed by atoms with Crippen LogP contribution in [0.2, 0.25) is 12.1 Å². The molecule has 31 heavy (non-hydrogen) atoms. The molecule has 0 unspecified atom stereocenters. The van der Waals surface area contributed by atoms with E-state index < -0.39 is 17.6 Å². The Morgan fingerprint density at radius 1 is 0.581 bits per heavy atom. The number of nitrogens with two attached hydrogens (primary N) is 2. The Bertz CT molecular complexity index is 406. The molecule has 0 radical (unpaired) electrons. The van der Waals surface area contributed by atoms with Gasteiger partial charge in [-0.25, -0.2) is 10.0 Å². The molecule has 0 heterocycles. The first-order valence-electron chi connectivity index (χ1n) is 10.9. The first-order chi connectivity index (χ1) is 15.0. The molecule has 0 rings (SSSR count). The lowest BCUT2D eigenvalue weighted by atomic mass is 10.4. The summed E-state index contributed by atoms with van der Waals surface area (Å²) in [5, 5.41) is 8.01. The smallest absolute Gasteiger partial charge is 0.377 e. The molecule has 0 aliphatic rings. The van der Waals surface area contributed by atoms with Crippen molar-refractivity contribution in [3.63, 3.8) is 0 Å². The van der Waals surface area contributed by atoms with Crippen molar-refractivity contribution in [2.24, 2.45) is 11.5 Å². The molecule has 188 valence electrons. The third-order valence-corrected chi connectivity index (χ3v) is 11.0. The van der Waals surface area contributed by atoms with E-state index in [4.69, 9.17) is 38.0 Å². The van der Waals surface area contributed by atoms with Crippen molar-refractivity contribution in [3.8, 4) is 0 Å². The van der Waals surface area contributed by atoms with E-state index in [1.165, 1.54) is 0 Å². The molecular formula is C18H47N5O6Si2. The maximum absolute atomic E-state index is 5.92. The van der Waals surface area contributed by atoms with Gasteiger partial charge in [-0.15, -0.1) is 0 Å². The average molecular weight is 486 g/mol. The van der Waals surface area contributed by atoms with Crippen LogP contribution in [-0.4, -0.2) is 123 Å². The van der Waals surface area contributed by atoms with Crippen LogP contribution in [0, 0.1) is 0 Å². The fraction of sp³-hybridized carbons (Fsp3) is 1.00. The van der Waals surface area contributed by atoms with Crippen molar-refractivity contribution in [2.75, 3.05) is 95.0 Å². The third kappa shape index (κ3) is 11.6. The summed E-state index contributed by atoms with van der Waals surface area (Å²) in [5.74, 6) is 0. The Hall–Kier alpha value is -0.00623. The van der Waals surface area contributed by atoms with E-state index in [0.29, 0.717) is 13.1 Å². The highest BCUT2D eigenvalue weighted by molar-refractivity contribution is 6.60. The van der Waals surface area contributed by atoms with Gasteiger partial charge in [-0.3, -0.25) is 0 Å². The van der Waals surface area contributed by atoms with Gasteiger partial charge in [0.1, 0.15) is 0 Å². The van der Waals surface area contributed by atoms with E-state index >= 15 is 0 Å². The number of hydrogen-bond acceptors (Lipinski definition) is 11. The molecule has 0 aromatic carbocycles. The van der Waals surface area contributed by atoms with E-state index in [1.54, 1.807) is 42.7 Å². The number of hydrazine groups is 1. The van der Waals surface area contributed by atoms with Gasteiger partial charge >= 0.3 is 17.6 Å². The Morgan fingerprint density at radius 2 is 1.00 bits per heavy atom. The van der Waals surface area contributed by atoms with E-state index in [9.17, 15) is 0 Å². The Morgan fingerprint density at radius 3 is 1.35 bits per heavy atom. The van der Waals surface area contributed by atoms with E-state index in [2.05, 4.69) is 15.3 Å². The number of nitrogens with zero attached hydrogens (tertiary/aromatic N) is 2. The van der Waals surface area contributed by atoms with Crippen molar-refractivity contribution >= 4 is 17.6 Å². The zero-order chi connectivity index (χ0) is 23.6. The van der Waals surface area contributed by atoms with Gasteiger partial charge in [0.15, 0.2) is 0 Å². The first kappa shape index (κ1) is 31.0. The third-order valence-electron chi connectivity index (χ3n) is 5.32. The monoisotopic (exact) mass is 485 g/mol.